The molecule has 1 aliphatic heterocycles. The number of hydrogen-bond acceptors (Lipinski definition) is 5. The van der Waals surface area contributed by atoms with Crippen LogP contribution in [0.25, 0.3) is 10.9 Å². The number of oxazole rings is 1. The van der Waals surface area contributed by atoms with Crippen LogP contribution in [0.2, 0.25) is 0 Å². The van der Waals surface area contributed by atoms with Gasteiger partial charge in [0, 0.05) is 36.6 Å². The summed E-state index contributed by atoms with van der Waals surface area (Å²) in [7, 11) is 3.29. The zero-order valence-electron chi connectivity index (χ0n) is 18.8. The average molecular weight is 446 g/mol. The predicted molar refractivity (Wildman–Crippen MR) is 125 cm³/mol. The van der Waals surface area contributed by atoms with Crippen LogP contribution in [0.1, 0.15) is 46.3 Å². The predicted octanol–water partition coefficient (Wildman–Crippen LogP) is 4.78. The normalized spacial score (nSPS) is 16.2. The highest BCUT2D eigenvalue weighted by Crippen LogP contribution is 2.30. The van der Waals surface area contributed by atoms with Gasteiger partial charge in [0.15, 0.2) is 5.89 Å². The van der Waals surface area contributed by atoms with Crippen LogP contribution in [0.5, 0.6) is 11.5 Å². The number of benzene rings is 2. The van der Waals surface area contributed by atoms with Crippen molar-refractivity contribution in [2.75, 3.05) is 27.3 Å². The number of H-pyrrole nitrogens is 1. The number of hydrogen-bond donors (Lipinski definition) is 1. The summed E-state index contributed by atoms with van der Waals surface area (Å²) in [6.45, 7) is 1.32. The Balaban J connectivity index is 1.29. The Kier molecular flexibility index (Phi) is 5.77. The Bertz CT molecular complexity index is 1260. The number of carbonyl (C=O) groups excluding carboxylic acids is 1. The van der Waals surface area contributed by atoms with E-state index in [1.165, 1.54) is 0 Å². The molecule has 7 heteroatoms. The van der Waals surface area contributed by atoms with E-state index in [2.05, 4.69) is 9.97 Å². The molecule has 170 valence electrons. The number of carbonyl (C=O) groups is 1. The average Bonchev–Trinajstić information content (AvgIpc) is 3.51. The maximum Gasteiger partial charge on any atom is 0.256 e. The van der Waals surface area contributed by atoms with Gasteiger partial charge < -0.3 is 23.8 Å². The third-order valence-corrected chi connectivity index (χ3v) is 6.29. The van der Waals surface area contributed by atoms with Gasteiger partial charge >= 0.3 is 0 Å². The van der Waals surface area contributed by atoms with E-state index < -0.39 is 0 Å². The number of amides is 1. The number of ether oxygens (including phenoxy) is 2. The van der Waals surface area contributed by atoms with Crippen molar-refractivity contribution < 1.29 is 18.7 Å². The van der Waals surface area contributed by atoms with Crippen LogP contribution in [0.15, 0.2) is 59.3 Å². The molecule has 1 N–H and O–H groups in total. The van der Waals surface area contributed by atoms with Crippen molar-refractivity contribution >= 4 is 16.8 Å². The minimum atomic E-state index is 0.0178. The number of aromatic nitrogens is 2. The van der Waals surface area contributed by atoms with E-state index in [1.54, 1.807) is 26.6 Å². The van der Waals surface area contributed by atoms with E-state index in [-0.39, 0.29) is 11.8 Å². The van der Waals surface area contributed by atoms with Crippen molar-refractivity contribution in [1.29, 1.82) is 0 Å². The van der Waals surface area contributed by atoms with Crippen LogP contribution in [0, 0.1) is 0 Å². The highest BCUT2D eigenvalue weighted by molar-refractivity contribution is 6.07. The lowest BCUT2D eigenvalue weighted by Gasteiger charge is -2.31. The van der Waals surface area contributed by atoms with E-state index in [0.717, 1.165) is 53.1 Å². The molecule has 0 bridgehead atoms. The number of nitrogens with one attached hydrogen (secondary N) is 1. The lowest BCUT2D eigenvalue weighted by Crippen LogP contribution is -2.39. The Labute approximate surface area is 192 Å². The van der Waals surface area contributed by atoms with Gasteiger partial charge in [0.2, 0.25) is 0 Å². The van der Waals surface area contributed by atoms with E-state index >= 15 is 0 Å². The van der Waals surface area contributed by atoms with Crippen molar-refractivity contribution in [3.8, 4) is 11.5 Å². The van der Waals surface area contributed by atoms with Crippen molar-refractivity contribution in [3.63, 3.8) is 0 Å². The molecule has 0 unspecified atom stereocenters. The molecule has 1 fully saturated rings. The van der Waals surface area contributed by atoms with E-state index in [1.807, 2.05) is 47.4 Å². The Hall–Kier alpha value is -3.74. The number of fused-ring (bicyclic) bond motifs is 1. The smallest absolute Gasteiger partial charge is 0.256 e. The van der Waals surface area contributed by atoms with Gasteiger partial charge in [0.25, 0.3) is 5.91 Å². The first-order valence-electron chi connectivity index (χ1n) is 11.2. The fourth-order valence-electron chi connectivity index (χ4n) is 4.47. The minimum absolute atomic E-state index is 0.0178. The van der Waals surface area contributed by atoms with E-state index in [9.17, 15) is 4.79 Å². The third-order valence-electron chi connectivity index (χ3n) is 6.29. The molecular weight excluding hydrogens is 418 g/mol. The van der Waals surface area contributed by atoms with E-state index in [4.69, 9.17) is 13.9 Å². The summed E-state index contributed by atoms with van der Waals surface area (Å²) in [4.78, 5) is 23.0. The van der Waals surface area contributed by atoms with Crippen molar-refractivity contribution in [1.82, 2.24) is 14.9 Å². The summed E-state index contributed by atoms with van der Waals surface area (Å²) in [5.41, 5.74) is 2.72. The summed E-state index contributed by atoms with van der Waals surface area (Å²) in [6.07, 6.45) is 6.12. The SMILES string of the molecule is COc1ccc(Cc2cnc([C@H]3CCCN(C(=O)c4c[nH]c5ccc(OC)cc45)C3)o2)cc1. The number of piperidine rings is 1. The summed E-state index contributed by atoms with van der Waals surface area (Å²) in [6, 6.07) is 13.7. The molecule has 33 heavy (non-hydrogen) atoms. The number of methoxy groups -OCH3 is 2. The van der Waals surface area contributed by atoms with E-state index in [0.29, 0.717) is 24.4 Å². The second-order valence-electron chi connectivity index (χ2n) is 8.39. The van der Waals surface area contributed by atoms with Crippen LogP contribution in [-0.4, -0.2) is 48.1 Å². The maximum absolute atomic E-state index is 13.4. The Morgan fingerprint density at radius 3 is 2.73 bits per heavy atom. The summed E-state index contributed by atoms with van der Waals surface area (Å²) < 4.78 is 16.7. The van der Waals surface area contributed by atoms with Crippen LogP contribution < -0.4 is 9.47 Å². The monoisotopic (exact) mass is 445 g/mol. The van der Waals surface area contributed by atoms with Gasteiger partial charge in [-0.15, -0.1) is 0 Å². The van der Waals surface area contributed by atoms with Gasteiger partial charge in [-0.05, 0) is 48.7 Å². The first-order chi connectivity index (χ1) is 16.1. The molecule has 1 aliphatic rings. The van der Waals surface area contributed by atoms with Crippen molar-refractivity contribution in [2.45, 2.75) is 25.2 Å². The molecule has 1 amide bonds. The second-order valence-corrected chi connectivity index (χ2v) is 8.39. The molecule has 1 atom stereocenters. The molecule has 2 aromatic carbocycles. The first-order valence-corrected chi connectivity index (χ1v) is 11.2. The molecule has 7 nitrogen and oxygen atoms in total. The van der Waals surface area contributed by atoms with Crippen molar-refractivity contribution in [3.05, 3.63) is 77.6 Å². The summed E-state index contributed by atoms with van der Waals surface area (Å²) in [5.74, 6) is 3.20. The van der Waals surface area contributed by atoms with Gasteiger partial charge in [-0.1, -0.05) is 12.1 Å². The van der Waals surface area contributed by atoms with Crippen molar-refractivity contribution in [2.24, 2.45) is 0 Å². The molecular formula is C26H27N3O4. The van der Waals surface area contributed by atoms with Gasteiger partial charge in [0.1, 0.15) is 17.3 Å². The summed E-state index contributed by atoms with van der Waals surface area (Å²) in [5, 5.41) is 0.874. The Morgan fingerprint density at radius 1 is 1.15 bits per heavy atom. The van der Waals surface area contributed by atoms with Gasteiger partial charge in [0.05, 0.1) is 31.9 Å². The maximum atomic E-state index is 13.4. The van der Waals surface area contributed by atoms with Crippen LogP contribution >= 0.6 is 0 Å². The van der Waals surface area contributed by atoms with Crippen LogP contribution in [0.3, 0.4) is 0 Å². The fraction of sp³-hybridized carbons (Fsp3) is 0.308. The fourth-order valence-corrected chi connectivity index (χ4v) is 4.47. The molecule has 5 rings (SSSR count). The molecule has 0 saturated carbocycles. The molecule has 2 aromatic heterocycles. The molecule has 0 aliphatic carbocycles. The lowest BCUT2D eigenvalue weighted by atomic mass is 9.97. The third kappa shape index (κ3) is 4.31. The quantitative estimate of drug-likeness (QED) is 0.462. The Morgan fingerprint density at radius 2 is 1.94 bits per heavy atom. The molecule has 1 saturated heterocycles. The standard InChI is InChI=1S/C26H27N3O4/c1-31-19-7-5-17(6-8-19)12-21-14-28-25(33-21)18-4-3-11-29(16-18)26(30)23-15-27-24-10-9-20(32-2)13-22(23)24/h5-10,13-15,18,27H,3-4,11-12,16H2,1-2H3/t18-/m0/s1. The van der Waals surface area contributed by atoms with Gasteiger partial charge in [-0.3, -0.25) is 4.79 Å². The molecule has 3 heterocycles. The zero-order chi connectivity index (χ0) is 22.8. The first kappa shape index (κ1) is 21.1. The molecule has 0 radical (unpaired) electrons. The zero-order valence-corrected chi connectivity index (χ0v) is 18.8. The number of rotatable bonds is 6. The highest BCUT2D eigenvalue weighted by atomic mass is 16.5. The molecule has 0 spiro atoms. The van der Waals surface area contributed by atoms with Gasteiger partial charge in [-0.2, -0.15) is 0 Å². The second kappa shape index (κ2) is 9.02. The number of likely N-dealkylation sites (tertiary alicyclic amines) is 1. The van der Waals surface area contributed by atoms with Crippen LogP contribution in [0.4, 0.5) is 0 Å². The number of aromatic amines is 1. The summed E-state index contributed by atoms with van der Waals surface area (Å²) >= 11 is 0. The van der Waals surface area contributed by atoms with Crippen LogP contribution in [-0.2, 0) is 6.42 Å². The topological polar surface area (TPSA) is 80.6 Å². The minimum Gasteiger partial charge on any atom is -0.497 e. The lowest BCUT2D eigenvalue weighted by molar-refractivity contribution is 0.0700. The number of nitrogens with zero attached hydrogens (tertiary/aromatic N) is 2. The largest absolute Gasteiger partial charge is 0.497 e. The highest BCUT2D eigenvalue weighted by Gasteiger charge is 2.29. The molecule has 4 aromatic rings. The van der Waals surface area contributed by atoms with Gasteiger partial charge in [-0.25, -0.2) is 4.98 Å².